The quantitative estimate of drug-likeness (QED) is 0.537. The van der Waals surface area contributed by atoms with Gasteiger partial charge in [0.05, 0.1) is 29.9 Å². The normalized spacial score (nSPS) is 11.5. The summed E-state index contributed by atoms with van der Waals surface area (Å²) in [4.78, 5) is 11.1. The fourth-order valence-corrected chi connectivity index (χ4v) is 3.33. The van der Waals surface area contributed by atoms with Gasteiger partial charge in [0.2, 0.25) is 0 Å². The number of para-hydroxylation sites is 2. The molecule has 4 rings (SSSR count). The Kier molecular flexibility index (Phi) is 4.50. The molecule has 0 atom stereocenters. The Labute approximate surface area is 152 Å². The lowest BCUT2D eigenvalue weighted by atomic mass is 10.2. The standard InChI is InChI=1S/C20H22N6/c1-3-25-19-7-5-4-6-17(19)23-20(25)14-24(2)15-26-18(10-13-22-26)16-8-11-21-12-9-16/h4-13H,3,14-15H2,1-2H3. The van der Waals surface area contributed by atoms with Gasteiger partial charge in [-0.2, -0.15) is 5.10 Å². The van der Waals surface area contributed by atoms with Crippen molar-refractivity contribution < 1.29 is 0 Å². The van der Waals surface area contributed by atoms with Gasteiger partial charge in [0, 0.05) is 30.7 Å². The molecule has 132 valence electrons. The summed E-state index contributed by atoms with van der Waals surface area (Å²) >= 11 is 0. The number of hydrogen-bond acceptors (Lipinski definition) is 4. The summed E-state index contributed by atoms with van der Waals surface area (Å²) in [7, 11) is 2.09. The molecule has 0 saturated carbocycles. The zero-order valence-corrected chi connectivity index (χ0v) is 15.1. The Morgan fingerprint density at radius 2 is 1.81 bits per heavy atom. The second kappa shape index (κ2) is 7.09. The van der Waals surface area contributed by atoms with E-state index in [0.29, 0.717) is 6.67 Å². The largest absolute Gasteiger partial charge is 0.327 e. The number of aromatic nitrogens is 5. The first-order valence-electron chi connectivity index (χ1n) is 8.81. The van der Waals surface area contributed by atoms with Gasteiger partial charge in [-0.3, -0.25) is 14.6 Å². The number of fused-ring (bicyclic) bond motifs is 1. The van der Waals surface area contributed by atoms with E-state index in [1.165, 1.54) is 5.52 Å². The summed E-state index contributed by atoms with van der Waals surface area (Å²) in [6.07, 6.45) is 5.45. The molecule has 0 fully saturated rings. The lowest BCUT2D eigenvalue weighted by molar-refractivity contribution is 0.240. The van der Waals surface area contributed by atoms with E-state index >= 15 is 0 Å². The van der Waals surface area contributed by atoms with Crippen LogP contribution in [0.4, 0.5) is 0 Å². The van der Waals surface area contributed by atoms with E-state index in [1.807, 2.05) is 35.1 Å². The van der Waals surface area contributed by atoms with Crippen molar-refractivity contribution >= 4 is 11.0 Å². The molecule has 4 aromatic rings. The van der Waals surface area contributed by atoms with Crippen LogP contribution in [0.1, 0.15) is 12.7 Å². The van der Waals surface area contributed by atoms with Gasteiger partial charge in [0.15, 0.2) is 0 Å². The molecule has 6 nitrogen and oxygen atoms in total. The van der Waals surface area contributed by atoms with E-state index in [0.717, 1.165) is 35.7 Å². The topological polar surface area (TPSA) is 51.8 Å². The van der Waals surface area contributed by atoms with Gasteiger partial charge < -0.3 is 4.57 Å². The van der Waals surface area contributed by atoms with Crippen LogP contribution in [0.3, 0.4) is 0 Å². The third kappa shape index (κ3) is 3.11. The average Bonchev–Trinajstić information content (AvgIpc) is 3.26. The van der Waals surface area contributed by atoms with Gasteiger partial charge in [0.1, 0.15) is 5.82 Å². The van der Waals surface area contributed by atoms with Crippen LogP contribution in [0.15, 0.2) is 61.1 Å². The van der Waals surface area contributed by atoms with Crippen molar-refractivity contribution in [2.45, 2.75) is 26.7 Å². The molecule has 0 aliphatic heterocycles. The van der Waals surface area contributed by atoms with Crippen LogP contribution in [0.2, 0.25) is 0 Å². The molecule has 1 aromatic carbocycles. The zero-order chi connectivity index (χ0) is 17.9. The maximum Gasteiger partial charge on any atom is 0.124 e. The van der Waals surface area contributed by atoms with Gasteiger partial charge in [0.25, 0.3) is 0 Å². The molecular formula is C20H22N6. The second-order valence-corrected chi connectivity index (χ2v) is 6.37. The van der Waals surface area contributed by atoms with Crippen molar-refractivity contribution in [3.05, 3.63) is 66.9 Å². The minimum Gasteiger partial charge on any atom is -0.327 e. The van der Waals surface area contributed by atoms with E-state index in [-0.39, 0.29) is 0 Å². The number of nitrogens with zero attached hydrogens (tertiary/aromatic N) is 6. The Balaban J connectivity index is 1.56. The molecule has 0 aliphatic rings. The molecule has 0 bridgehead atoms. The Bertz CT molecular complexity index is 1000. The van der Waals surface area contributed by atoms with Gasteiger partial charge in [-0.05, 0) is 44.3 Å². The summed E-state index contributed by atoms with van der Waals surface area (Å²) in [6, 6.07) is 14.3. The molecule has 26 heavy (non-hydrogen) atoms. The highest BCUT2D eigenvalue weighted by Gasteiger charge is 2.13. The molecule has 0 saturated heterocycles. The molecule has 0 amide bonds. The monoisotopic (exact) mass is 346 g/mol. The molecule has 0 N–H and O–H groups in total. The highest BCUT2D eigenvalue weighted by Crippen LogP contribution is 2.19. The lowest BCUT2D eigenvalue weighted by Crippen LogP contribution is -2.24. The van der Waals surface area contributed by atoms with Crippen LogP contribution in [0.25, 0.3) is 22.3 Å². The van der Waals surface area contributed by atoms with E-state index < -0.39 is 0 Å². The molecule has 0 radical (unpaired) electrons. The number of imidazole rings is 1. The molecule has 3 aromatic heterocycles. The smallest absolute Gasteiger partial charge is 0.124 e. The fourth-order valence-electron chi connectivity index (χ4n) is 3.33. The highest BCUT2D eigenvalue weighted by molar-refractivity contribution is 5.75. The summed E-state index contributed by atoms with van der Waals surface area (Å²) in [5.74, 6) is 1.08. The number of rotatable bonds is 6. The van der Waals surface area contributed by atoms with Crippen LogP contribution >= 0.6 is 0 Å². The maximum atomic E-state index is 4.82. The van der Waals surface area contributed by atoms with Gasteiger partial charge >= 0.3 is 0 Å². The van der Waals surface area contributed by atoms with Crippen LogP contribution in [-0.4, -0.2) is 36.3 Å². The predicted molar refractivity (Wildman–Crippen MR) is 102 cm³/mol. The minimum atomic E-state index is 0.692. The first-order chi connectivity index (χ1) is 12.8. The van der Waals surface area contributed by atoms with Gasteiger partial charge in [-0.15, -0.1) is 0 Å². The summed E-state index contributed by atoms with van der Waals surface area (Å²) < 4.78 is 4.28. The van der Waals surface area contributed by atoms with Crippen molar-refractivity contribution in [1.29, 1.82) is 0 Å². The first kappa shape index (κ1) is 16.5. The molecular weight excluding hydrogens is 324 g/mol. The summed E-state index contributed by atoms with van der Waals surface area (Å²) in [6.45, 7) is 4.52. The molecule has 0 unspecified atom stereocenters. The summed E-state index contributed by atoms with van der Waals surface area (Å²) in [5.41, 5.74) is 4.44. The second-order valence-electron chi connectivity index (χ2n) is 6.37. The van der Waals surface area contributed by atoms with Crippen LogP contribution in [0, 0.1) is 0 Å². The number of hydrogen-bond donors (Lipinski definition) is 0. The van der Waals surface area contributed by atoms with Crippen molar-refractivity contribution in [1.82, 2.24) is 29.2 Å². The maximum absolute atomic E-state index is 4.82. The van der Waals surface area contributed by atoms with Crippen molar-refractivity contribution in [3.63, 3.8) is 0 Å². The third-order valence-electron chi connectivity index (χ3n) is 4.53. The number of benzene rings is 1. The van der Waals surface area contributed by atoms with Crippen LogP contribution < -0.4 is 0 Å². The van der Waals surface area contributed by atoms with E-state index in [4.69, 9.17) is 4.98 Å². The average molecular weight is 346 g/mol. The Morgan fingerprint density at radius 3 is 2.62 bits per heavy atom. The van der Waals surface area contributed by atoms with Gasteiger partial charge in [-0.1, -0.05) is 12.1 Å². The van der Waals surface area contributed by atoms with Crippen molar-refractivity contribution in [3.8, 4) is 11.3 Å². The van der Waals surface area contributed by atoms with E-state index in [1.54, 1.807) is 12.4 Å². The number of pyridine rings is 1. The first-order valence-corrected chi connectivity index (χ1v) is 8.81. The van der Waals surface area contributed by atoms with Crippen LogP contribution in [-0.2, 0) is 19.8 Å². The summed E-state index contributed by atoms with van der Waals surface area (Å²) in [5, 5.41) is 4.49. The zero-order valence-electron chi connectivity index (χ0n) is 15.1. The molecule has 0 aliphatic carbocycles. The minimum absolute atomic E-state index is 0.692. The molecule has 3 heterocycles. The highest BCUT2D eigenvalue weighted by atomic mass is 15.4. The van der Waals surface area contributed by atoms with Crippen LogP contribution in [0.5, 0.6) is 0 Å². The van der Waals surface area contributed by atoms with Crippen molar-refractivity contribution in [2.24, 2.45) is 0 Å². The fraction of sp³-hybridized carbons (Fsp3) is 0.250. The Hall–Kier alpha value is -2.99. The van der Waals surface area contributed by atoms with E-state index in [2.05, 4.69) is 51.7 Å². The lowest BCUT2D eigenvalue weighted by Gasteiger charge is -2.18. The molecule has 6 heteroatoms. The SMILES string of the molecule is CCn1c(CN(C)Cn2nccc2-c2ccncc2)nc2ccccc21. The van der Waals surface area contributed by atoms with Crippen molar-refractivity contribution in [2.75, 3.05) is 7.05 Å². The molecule has 0 spiro atoms. The van der Waals surface area contributed by atoms with Gasteiger partial charge in [-0.25, -0.2) is 4.98 Å². The predicted octanol–water partition coefficient (Wildman–Crippen LogP) is 3.40. The third-order valence-corrected chi connectivity index (χ3v) is 4.53. The number of aryl methyl sites for hydroxylation is 1. The Morgan fingerprint density at radius 1 is 1.00 bits per heavy atom. The van der Waals surface area contributed by atoms with E-state index in [9.17, 15) is 0 Å².